The largest absolute Gasteiger partial charge is 0.396 e. The van der Waals surface area contributed by atoms with E-state index in [0.717, 1.165) is 0 Å². The molecule has 14 heavy (non-hydrogen) atoms. The molecule has 78 valence electrons. The zero-order valence-electron chi connectivity index (χ0n) is 8.29. The Bertz CT molecular complexity index is 340. The van der Waals surface area contributed by atoms with Crippen LogP contribution in [0, 0.1) is 17.5 Å². The van der Waals surface area contributed by atoms with E-state index in [4.69, 9.17) is 5.73 Å². The Balaban J connectivity index is 3.56. The molecule has 0 atom stereocenters. The smallest absolute Gasteiger partial charge is 0.165 e. The third-order valence-electron chi connectivity index (χ3n) is 1.93. The molecule has 0 unspecified atom stereocenters. The van der Waals surface area contributed by atoms with Crippen LogP contribution < -0.4 is 5.73 Å². The number of nitrogen functional groups attached to an aromatic ring is 1. The number of nitrogens with two attached hydrogens (primary N) is 1. The Kier molecular flexibility index (Phi) is 2.48. The highest BCUT2D eigenvalue weighted by atomic mass is 19.2. The van der Waals surface area contributed by atoms with Gasteiger partial charge in [0.05, 0.1) is 5.69 Å². The van der Waals surface area contributed by atoms with Crippen LogP contribution in [0.25, 0.3) is 0 Å². The first-order valence-corrected chi connectivity index (χ1v) is 4.18. The van der Waals surface area contributed by atoms with Crippen molar-refractivity contribution in [3.8, 4) is 0 Å². The summed E-state index contributed by atoms with van der Waals surface area (Å²) < 4.78 is 39.6. The summed E-state index contributed by atoms with van der Waals surface area (Å²) in [6.45, 7) is 4.77. The molecule has 0 spiro atoms. The lowest BCUT2D eigenvalue weighted by molar-refractivity contribution is 0.438. The number of rotatable bonds is 0. The second-order valence-electron chi connectivity index (χ2n) is 4.20. The first-order valence-electron chi connectivity index (χ1n) is 4.18. The fraction of sp³-hybridized carbons (Fsp3) is 0.400. The van der Waals surface area contributed by atoms with Gasteiger partial charge in [0, 0.05) is 11.6 Å². The van der Waals surface area contributed by atoms with Crippen LogP contribution in [0.15, 0.2) is 6.07 Å². The maximum Gasteiger partial charge on any atom is 0.165 e. The van der Waals surface area contributed by atoms with Gasteiger partial charge in [-0.05, 0) is 5.41 Å². The summed E-state index contributed by atoms with van der Waals surface area (Å²) in [4.78, 5) is 0. The van der Waals surface area contributed by atoms with Crippen LogP contribution >= 0.6 is 0 Å². The lowest BCUT2D eigenvalue weighted by Crippen LogP contribution is -2.18. The van der Waals surface area contributed by atoms with Gasteiger partial charge in [-0.3, -0.25) is 0 Å². The van der Waals surface area contributed by atoms with Crippen molar-refractivity contribution in [3.05, 3.63) is 29.1 Å². The van der Waals surface area contributed by atoms with Gasteiger partial charge in [-0.2, -0.15) is 0 Å². The average molecular weight is 203 g/mol. The molecule has 1 nitrogen and oxygen atoms in total. The van der Waals surface area contributed by atoms with Crippen LogP contribution in [0.5, 0.6) is 0 Å². The fourth-order valence-electron chi connectivity index (χ4n) is 1.28. The monoisotopic (exact) mass is 203 g/mol. The predicted molar refractivity (Wildman–Crippen MR) is 49.4 cm³/mol. The van der Waals surface area contributed by atoms with Gasteiger partial charge >= 0.3 is 0 Å². The van der Waals surface area contributed by atoms with Gasteiger partial charge in [-0.25, -0.2) is 13.2 Å². The van der Waals surface area contributed by atoms with E-state index in [9.17, 15) is 13.2 Å². The molecule has 0 bridgehead atoms. The van der Waals surface area contributed by atoms with Crippen LogP contribution in [0.2, 0.25) is 0 Å². The zero-order chi connectivity index (χ0) is 11.1. The summed E-state index contributed by atoms with van der Waals surface area (Å²) >= 11 is 0. The molecule has 0 fully saturated rings. The van der Waals surface area contributed by atoms with Crippen molar-refractivity contribution >= 4 is 5.69 Å². The number of halogens is 3. The molecule has 0 aliphatic rings. The third kappa shape index (κ3) is 1.69. The Morgan fingerprint density at radius 2 is 1.57 bits per heavy atom. The van der Waals surface area contributed by atoms with Crippen molar-refractivity contribution in [2.45, 2.75) is 26.2 Å². The summed E-state index contributed by atoms with van der Waals surface area (Å²) in [7, 11) is 0. The maximum atomic E-state index is 13.4. The van der Waals surface area contributed by atoms with E-state index in [1.54, 1.807) is 20.8 Å². The number of benzene rings is 1. The second-order valence-corrected chi connectivity index (χ2v) is 4.20. The molecular formula is C10H12F3N. The molecular weight excluding hydrogens is 191 g/mol. The summed E-state index contributed by atoms with van der Waals surface area (Å²) in [5.41, 5.74) is 3.71. The predicted octanol–water partition coefficient (Wildman–Crippen LogP) is 2.98. The highest BCUT2D eigenvalue weighted by Crippen LogP contribution is 2.31. The normalized spacial score (nSPS) is 11.9. The Labute approximate surface area is 80.7 Å². The van der Waals surface area contributed by atoms with E-state index in [2.05, 4.69) is 0 Å². The summed E-state index contributed by atoms with van der Waals surface area (Å²) in [6, 6.07) is 0.653. The van der Waals surface area contributed by atoms with E-state index in [1.165, 1.54) is 0 Å². The van der Waals surface area contributed by atoms with Crippen LogP contribution in [0.4, 0.5) is 18.9 Å². The standard InChI is InChI=1S/C10H12F3N/c1-10(2,3)7-8(12)5(11)4-6(14)9(7)13/h4H,14H2,1-3H3. The van der Waals surface area contributed by atoms with Crippen molar-refractivity contribution in [3.63, 3.8) is 0 Å². The van der Waals surface area contributed by atoms with Crippen LogP contribution in [0.3, 0.4) is 0 Å². The topological polar surface area (TPSA) is 26.0 Å². The minimum Gasteiger partial charge on any atom is -0.396 e. The Morgan fingerprint density at radius 1 is 1.07 bits per heavy atom. The van der Waals surface area contributed by atoms with E-state index >= 15 is 0 Å². The van der Waals surface area contributed by atoms with Gasteiger partial charge in [0.15, 0.2) is 17.5 Å². The zero-order valence-corrected chi connectivity index (χ0v) is 8.29. The highest BCUT2D eigenvalue weighted by molar-refractivity contribution is 5.46. The summed E-state index contributed by atoms with van der Waals surface area (Å²) in [5, 5.41) is 0. The van der Waals surface area contributed by atoms with Gasteiger partial charge in [0.1, 0.15) is 0 Å². The van der Waals surface area contributed by atoms with E-state index in [0.29, 0.717) is 6.07 Å². The maximum absolute atomic E-state index is 13.4. The third-order valence-corrected chi connectivity index (χ3v) is 1.93. The minimum absolute atomic E-state index is 0.310. The SMILES string of the molecule is CC(C)(C)c1c(F)c(N)cc(F)c1F. The number of anilines is 1. The molecule has 4 heteroatoms. The first kappa shape index (κ1) is 10.9. The number of hydrogen-bond acceptors (Lipinski definition) is 1. The molecule has 0 saturated carbocycles. The van der Waals surface area contributed by atoms with Crippen molar-refractivity contribution in [2.24, 2.45) is 0 Å². The summed E-state index contributed by atoms with van der Waals surface area (Å²) in [6.07, 6.45) is 0. The molecule has 0 saturated heterocycles. The molecule has 0 amide bonds. The number of hydrogen-bond donors (Lipinski definition) is 1. The quantitative estimate of drug-likeness (QED) is 0.509. The van der Waals surface area contributed by atoms with E-state index in [-0.39, 0.29) is 11.3 Å². The molecule has 0 aliphatic heterocycles. The van der Waals surface area contributed by atoms with Gasteiger partial charge in [0.25, 0.3) is 0 Å². The van der Waals surface area contributed by atoms with Gasteiger partial charge in [-0.15, -0.1) is 0 Å². The fourth-order valence-corrected chi connectivity index (χ4v) is 1.28. The van der Waals surface area contributed by atoms with Gasteiger partial charge in [0.2, 0.25) is 0 Å². The summed E-state index contributed by atoms with van der Waals surface area (Å²) in [5.74, 6) is -3.16. The Morgan fingerprint density at radius 3 is 2.00 bits per heavy atom. The highest BCUT2D eigenvalue weighted by Gasteiger charge is 2.27. The molecule has 0 radical (unpaired) electrons. The Hall–Kier alpha value is -1.19. The van der Waals surface area contributed by atoms with Crippen LogP contribution in [-0.4, -0.2) is 0 Å². The molecule has 1 aromatic rings. The van der Waals surface area contributed by atoms with E-state index in [1.807, 2.05) is 0 Å². The first-order chi connectivity index (χ1) is 6.25. The van der Waals surface area contributed by atoms with E-state index < -0.39 is 22.9 Å². The molecule has 0 aliphatic carbocycles. The molecule has 2 N–H and O–H groups in total. The van der Waals surface area contributed by atoms with Crippen LogP contribution in [-0.2, 0) is 5.41 Å². The lowest BCUT2D eigenvalue weighted by Gasteiger charge is -2.21. The molecule has 0 aromatic heterocycles. The lowest BCUT2D eigenvalue weighted by atomic mass is 9.85. The molecule has 1 rings (SSSR count). The minimum atomic E-state index is -1.16. The van der Waals surface area contributed by atoms with Crippen molar-refractivity contribution in [1.29, 1.82) is 0 Å². The van der Waals surface area contributed by atoms with Crippen molar-refractivity contribution in [2.75, 3.05) is 5.73 Å². The molecule has 1 aromatic carbocycles. The van der Waals surface area contributed by atoms with Crippen molar-refractivity contribution < 1.29 is 13.2 Å². The van der Waals surface area contributed by atoms with Crippen molar-refractivity contribution in [1.82, 2.24) is 0 Å². The average Bonchev–Trinajstić information content (AvgIpc) is 1.98. The molecule has 0 heterocycles. The second kappa shape index (κ2) is 3.19. The van der Waals surface area contributed by atoms with Gasteiger partial charge < -0.3 is 5.73 Å². The van der Waals surface area contributed by atoms with Crippen LogP contribution in [0.1, 0.15) is 26.3 Å². The van der Waals surface area contributed by atoms with Gasteiger partial charge in [-0.1, -0.05) is 20.8 Å².